The molecule has 0 aliphatic carbocycles. The second-order valence-corrected chi connectivity index (χ2v) is 5.99. The highest BCUT2D eigenvalue weighted by Crippen LogP contribution is 2.32. The molecular formula is C19H20N2O4. The van der Waals surface area contributed by atoms with Gasteiger partial charge in [0.25, 0.3) is 5.91 Å². The molecule has 6 nitrogen and oxygen atoms in total. The lowest BCUT2D eigenvalue weighted by Gasteiger charge is -2.23. The molecule has 0 fully saturated rings. The zero-order valence-electron chi connectivity index (χ0n) is 14.4. The number of carbonyl (C=O) groups is 2. The van der Waals surface area contributed by atoms with Crippen LogP contribution in [0, 0.1) is 6.92 Å². The van der Waals surface area contributed by atoms with Gasteiger partial charge in [0.05, 0.1) is 19.2 Å². The van der Waals surface area contributed by atoms with E-state index in [9.17, 15) is 9.59 Å². The Labute approximate surface area is 146 Å². The van der Waals surface area contributed by atoms with E-state index in [1.165, 1.54) is 0 Å². The number of methoxy groups -OCH3 is 1. The third-order valence-electron chi connectivity index (χ3n) is 4.03. The van der Waals surface area contributed by atoms with Crippen molar-refractivity contribution in [2.75, 3.05) is 17.7 Å². The summed E-state index contributed by atoms with van der Waals surface area (Å²) in [6.07, 6.45) is -0.294. The van der Waals surface area contributed by atoms with Gasteiger partial charge in [-0.3, -0.25) is 9.59 Å². The van der Waals surface area contributed by atoms with Gasteiger partial charge in [0, 0.05) is 5.69 Å². The van der Waals surface area contributed by atoms with E-state index in [1.54, 1.807) is 32.2 Å². The molecule has 1 atom stereocenters. The predicted molar refractivity (Wildman–Crippen MR) is 95.2 cm³/mol. The van der Waals surface area contributed by atoms with Gasteiger partial charge in [0.2, 0.25) is 5.91 Å². The number of amides is 2. The molecule has 3 rings (SSSR count). The van der Waals surface area contributed by atoms with Crippen LogP contribution in [0.4, 0.5) is 11.4 Å². The van der Waals surface area contributed by atoms with E-state index >= 15 is 0 Å². The molecule has 2 aromatic carbocycles. The summed E-state index contributed by atoms with van der Waals surface area (Å²) < 4.78 is 10.8. The van der Waals surface area contributed by atoms with Crippen molar-refractivity contribution < 1.29 is 19.1 Å². The first kappa shape index (κ1) is 16.8. The lowest BCUT2D eigenvalue weighted by atomic mass is 10.1. The van der Waals surface area contributed by atoms with Crippen LogP contribution in [0.25, 0.3) is 0 Å². The van der Waals surface area contributed by atoms with Crippen molar-refractivity contribution in [1.29, 1.82) is 0 Å². The lowest BCUT2D eigenvalue weighted by Crippen LogP contribution is -2.34. The minimum atomic E-state index is -0.524. The molecule has 0 saturated heterocycles. The molecule has 0 spiro atoms. The van der Waals surface area contributed by atoms with Gasteiger partial charge in [-0.2, -0.15) is 0 Å². The molecule has 0 saturated carbocycles. The van der Waals surface area contributed by atoms with Crippen molar-refractivity contribution in [2.24, 2.45) is 0 Å². The maximum atomic E-state index is 12.3. The van der Waals surface area contributed by atoms with Crippen LogP contribution in [-0.4, -0.2) is 25.0 Å². The average Bonchev–Trinajstić information content (AvgIpc) is 2.58. The number of benzene rings is 2. The van der Waals surface area contributed by atoms with Crippen LogP contribution in [0.15, 0.2) is 36.4 Å². The SMILES string of the molecule is COc1cc(CC(=O)Nc2ccc3c(c2)NC(=O)C(C)O3)ccc1C. The fraction of sp³-hybridized carbons (Fsp3) is 0.263. The highest BCUT2D eigenvalue weighted by atomic mass is 16.5. The molecule has 0 aromatic heterocycles. The smallest absolute Gasteiger partial charge is 0.265 e. The lowest BCUT2D eigenvalue weighted by molar-refractivity contribution is -0.122. The summed E-state index contributed by atoms with van der Waals surface area (Å²) in [7, 11) is 1.61. The van der Waals surface area contributed by atoms with Gasteiger partial charge < -0.3 is 20.1 Å². The van der Waals surface area contributed by atoms with Crippen LogP contribution in [0.5, 0.6) is 11.5 Å². The fourth-order valence-electron chi connectivity index (χ4n) is 2.65. The largest absolute Gasteiger partial charge is 0.496 e. The van der Waals surface area contributed by atoms with Crippen molar-refractivity contribution in [1.82, 2.24) is 0 Å². The molecule has 2 aromatic rings. The molecule has 1 aliphatic rings. The number of aryl methyl sites for hydroxylation is 1. The normalized spacial score (nSPS) is 15.6. The van der Waals surface area contributed by atoms with Crippen LogP contribution in [0.3, 0.4) is 0 Å². The van der Waals surface area contributed by atoms with Crippen molar-refractivity contribution >= 4 is 23.2 Å². The molecule has 0 radical (unpaired) electrons. The summed E-state index contributed by atoms with van der Waals surface area (Å²) in [6, 6.07) is 10.9. The summed E-state index contributed by atoms with van der Waals surface area (Å²) >= 11 is 0. The van der Waals surface area contributed by atoms with Gasteiger partial charge in [0.1, 0.15) is 11.5 Å². The summed E-state index contributed by atoms with van der Waals surface area (Å²) in [6.45, 7) is 3.64. The number of anilines is 2. The highest BCUT2D eigenvalue weighted by Gasteiger charge is 2.23. The van der Waals surface area contributed by atoms with E-state index in [1.807, 2.05) is 25.1 Å². The third-order valence-corrected chi connectivity index (χ3v) is 4.03. The van der Waals surface area contributed by atoms with Crippen molar-refractivity contribution in [3.63, 3.8) is 0 Å². The number of hydrogen-bond acceptors (Lipinski definition) is 4. The topological polar surface area (TPSA) is 76.7 Å². The maximum Gasteiger partial charge on any atom is 0.265 e. The van der Waals surface area contributed by atoms with Crippen LogP contribution in [0.1, 0.15) is 18.1 Å². The van der Waals surface area contributed by atoms with Crippen LogP contribution >= 0.6 is 0 Å². The minimum absolute atomic E-state index is 0.151. The highest BCUT2D eigenvalue weighted by molar-refractivity contribution is 5.99. The molecular weight excluding hydrogens is 320 g/mol. The Morgan fingerprint density at radius 3 is 2.84 bits per heavy atom. The number of hydrogen-bond donors (Lipinski definition) is 2. The number of carbonyl (C=O) groups excluding carboxylic acids is 2. The summed E-state index contributed by atoms with van der Waals surface area (Å²) in [5.41, 5.74) is 3.04. The second-order valence-electron chi connectivity index (χ2n) is 5.99. The third kappa shape index (κ3) is 3.74. The quantitative estimate of drug-likeness (QED) is 0.897. The molecule has 2 amide bonds. The van der Waals surface area contributed by atoms with E-state index in [0.29, 0.717) is 17.1 Å². The molecule has 2 N–H and O–H groups in total. The molecule has 1 heterocycles. The molecule has 25 heavy (non-hydrogen) atoms. The Morgan fingerprint density at radius 2 is 2.08 bits per heavy atom. The van der Waals surface area contributed by atoms with Gasteiger partial charge in [-0.05, 0) is 49.2 Å². The zero-order chi connectivity index (χ0) is 18.0. The van der Waals surface area contributed by atoms with Crippen molar-refractivity contribution in [3.8, 4) is 11.5 Å². The standard InChI is InChI=1S/C19H20N2O4/c1-11-4-5-13(8-17(11)24-3)9-18(22)20-14-6-7-16-15(10-14)21-19(23)12(2)25-16/h4-8,10,12H,9H2,1-3H3,(H,20,22)(H,21,23). The van der Waals surface area contributed by atoms with E-state index < -0.39 is 6.10 Å². The number of nitrogens with one attached hydrogen (secondary N) is 2. The van der Waals surface area contributed by atoms with Crippen LogP contribution in [-0.2, 0) is 16.0 Å². The Balaban J connectivity index is 1.69. The number of fused-ring (bicyclic) bond motifs is 1. The summed E-state index contributed by atoms with van der Waals surface area (Å²) in [5.74, 6) is 0.992. The Kier molecular flexibility index (Phi) is 4.61. The fourth-order valence-corrected chi connectivity index (χ4v) is 2.65. The van der Waals surface area contributed by atoms with Gasteiger partial charge in [0.15, 0.2) is 6.10 Å². The summed E-state index contributed by atoms with van der Waals surface area (Å²) in [4.78, 5) is 24.0. The van der Waals surface area contributed by atoms with Crippen LogP contribution in [0.2, 0.25) is 0 Å². The van der Waals surface area contributed by atoms with Gasteiger partial charge >= 0.3 is 0 Å². The predicted octanol–water partition coefficient (Wildman–Crippen LogP) is 2.90. The van der Waals surface area contributed by atoms with Crippen LogP contribution < -0.4 is 20.1 Å². The molecule has 130 valence electrons. The first-order valence-corrected chi connectivity index (χ1v) is 8.01. The zero-order valence-corrected chi connectivity index (χ0v) is 14.4. The van der Waals surface area contributed by atoms with E-state index in [4.69, 9.17) is 9.47 Å². The van der Waals surface area contributed by atoms with E-state index in [0.717, 1.165) is 16.9 Å². The van der Waals surface area contributed by atoms with Gasteiger partial charge in [-0.15, -0.1) is 0 Å². The van der Waals surface area contributed by atoms with Crippen molar-refractivity contribution in [3.05, 3.63) is 47.5 Å². The molecule has 1 unspecified atom stereocenters. The Hall–Kier alpha value is -3.02. The van der Waals surface area contributed by atoms with Crippen molar-refractivity contribution in [2.45, 2.75) is 26.4 Å². The average molecular weight is 340 g/mol. The summed E-state index contributed by atoms with van der Waals surface area (Å²) in [5, 5.41) is 5.59. The number of ether oxygens (including phenoxy) is 2. The number of rotatable bonds is 4. The Morgan fingerprint density at radius 1 is 1.28 bits per heavy atom. The second kappa shape index (κ2) is 6.84. The maximum absolute atomic E-state index is 12.3. The first-order chi connectivity index (χ1) is 12.0. The minimum Gasteiger partial charge on any atom is -0.496 e. The monoisotopic (exact) mass is 340 g/mol. The van der Waals surface area contributed by atoms with E-state index in [-0.39, 0.29) is 18.2 Å². The van der Waals surface area contributed by atoms with Gasteiger partial charge in [-0.25, -0.2) is 0 Å². The molecule has 0 bridgehead atoms. The molecule has 6 heteroatoms. The first-order valence-electron chi connectivity index (χ1n) is 8.01. The molecule has 1 aliphatic heterocycles. The Bertz CT molecular complexity index is 832. The van der Waals surface area contributed by atoms with Gasteiger partial charge in [-0.1, -0.05) is 12.1 Å². The van der Waals surface area contributed by atoms with E-state index in [2.05, 4.69) is 10.6 Å².